The second-order valence-corrected chi connectivity index (χ2v) is 6.78. The van der Waals surface area contributed by atoms with Gasteiger partial charge in [0.2, 0.25) is 0 Å². The second kappa shape index (κ2) is 7.72. The largest absolute Gasteiger partial charge is 0.348 e. The Morgan fingerprint density at radius 1 is 1.12 bits per heavy atom. The molecule has 1 N–H and O–H groups in total. The molecule has 0 saturated carbocycles. The number of rotatable bonds is 8. The van der Waals surface area contributed by atoms with Gasteiger partial charge in [-0.1, -0.05) is 0 Å². The van der Waals surface area contributed by atoms with E-state index in [0.717, 1.165) is 17.1 Å². The molecule has 0 aliphatic carbocycles. The molecular formula is C13H15N3O9S. The fourth-order valence-electron chi connectivity index (χ4n) is 2.27. The van der Waals surface area contributed by atoms with E-state index in [1.54, 1.807) is 0 Å². The molecule has 2 aliphatic heterocycles. The number of nitrogens with zero attached hydrogens (tertiary/aromatic N) is 3. The van der Waals surface area contributed by atoms with Crippen LogP contribution in [0.15, 0.2) is 12.2 Å². The maximum absolute atomic E-state index is 11.8. The molecule has 1 fully saturated rings. The van der Waals surface area contributed by atoms with Gasteiger partial charge in [0, 0.05) is 38.1 Å². The fourth-order valence-corrected chi connectivity index (χ4v) is 2.89. The minimum atomic E-state index is -4.80. The van der Waals surface area contributed by atoms with Gasteiger partial charge in [0.25, 0.3) is 23.6 Å². The summed E-state index contributed by atoms with van der Waals surface area (Å²) in [7, 11) is -4.80. The first-order chi connectivity index (χ1) is 12.1. The molecular weight excluding hydrogens is 374 g/mol. The highest BCUT2D eigenvalue weighted by Gasteiger charge is 2.34. The topological polar surface area (TPSA) is 159 Å². The van der Waals surface area contributed by atoms with Crippen LogP contribution in [0.5, 0.6) is 0 Å². The average molecular weight is 389 g/mol. The molecule has 4 amide bonds. The number of carbonyl (C=O) groups excluding carboxylic acids is 5. The van der Waals surface area contributed by atoms with Crippen molar-refractivity contribution < 1.29 is 41.8 Å². The lowest BCUT2D eigenvalue weighted by molar-refractivity contribution is -0.197. The minimum absolute atomic E-state index is 0.0617. The van der Waals surface area contributed by atoms with E-state index in [-0.39, 0.29) is 30.9 Å². The Labute approximate surface area is 147 Å². The third-order valence-corrected chi connectivity index (χ3v) is 4.48. The van der Waals surface area contributed by atoms with Crippen LogP contribution in [0.1, 0.15) is 19.3 Å². The first-order valence-corrected chi connectivity index (χ1v) is 8.82. The Morgan fingerprint density at radius 2 is 1.65 bits per heavy atom. The zero-order chi connectivity index (χ0) is 19.5. The van der Waals surface area contributed by atoms with Crippen molar-refractivity contribution in [3.8, 4) is 0 Å². The molecule has 13 heteroatoms. The van der Waals surface area contributed by atoms with Crippen LogP contribution in [0.2, 0.25) is 0 Å². The molecule has 0 unspecified atom stereocenters. The van der Waals surface area contributed by atoms with Gasteiger partial charge in [0.15, 0.2) is 0 Å². The van der Waals surface area contributed by atoms with Crippen molar-refractivity contribution in [3.05, 3.63) is 12.2 Å². The fraction of sp³-hybridized carbons (Fsp3) is 0.462. The summed E-state index contributed by atoms with van der Waals surface area (Å²) in [5.74, 6) is -3.83. The number of imide groups is 2. The van der Waals surface area contributed by atoms with Gasteiger partial charge in [-0.05, 0) is 6.42 Å². The summed E-state index contributed by atoms with van der Waals surface area (Å²) in [5.41, 5.74) is 0. The van der Waals surface area contributed by atoms with Crippen LogP contribution in [-0.4, -0.2) is 76.5 Å². The standard InChI is InChI=1S/C13H15N3O9S/c17-9-2-3-10(18)15(9)7-1-6-14(26(22,23)24)8-13(21)25-16-11(19)4-5-12(16)20/h2-3H,1,4-8H2,(H,22,23,24). The molecule has 0 aromatic rings. The second-order valence-electron chi connectivity index (χ2n) is 5.37. The zero-order valence-electron chi connectivity index (χ0n) is 13.4. The van der Waals surface area contributed by atoms with Crippen LogP contribution >= 0.6 is 0 Å². The molecule has 0 aromatic carbocycles. The van der Waals surface area contributed by atoms with Crippen molar-refractivity contribution in [1.82, 2.24) is 14.3 Å². The highest BCUT2D eigenvalue weighted by atomic mass is 32.2. The third-order valence-electron chi connectivity index (χ3n) is 3.52. The molecule has 12 nitrogen and oxygen atoms in total. The van der Waals surface area contributed by atoms with E-state index >= 15 is 0 Å². The van der Waals surface area contributed by atoms with Gasteiger partial charge in [-0.3, -0.25) is 28.6 Å². The van der Waals surface area contributed by atoms with Crippen molar-refractivity contribution in [2.75, 3.05) is 19.6 Å². The first-order valence-electron chi connectivity index (χ1n) is 7.42. The summed E-state index contributed by atoms with van der Waals surface area (Å²) in [5, 5.41) is 0.248. The number of amides is 4. The Balaban J connectivity index is 1.90. The molecule has 2 rings (SSSR count). The maximum Gasteiger partial charge on any atom is 0.348 e. The van der Waals surface area contributed by atoms with Gasteiger partial charge >= 0.3 is 16.3 Å². The Bertz CT molecular complexity index is 755. The van der Waals surface area contributed by atoms with E-state index in [1.165, 1.54) is 0 Å². The summed E-state index contributed by atoms with van der Waals surface area (Å²) >= 11 is 0. The van der Waals surface area contributed by atoms with Gasteiger partial charge in [0.05, 0.1) is 0 Å². The molecule has 2 heterocycles. The lowest BCUT2D eigenvalue weighted by Gasteiger charge is -2.20. The van der Waals surface area contributed by atoms with Crippen LogP contribution in [0.25, 0.3) is 0 Å². The molecule has 1 saturated heterocycles. The van der Waals surface area contributed by atoms with E-state index < -0.39 is 53.0 Å². The SMILES string of the molecule is O=C(CN(CCCN1C(=O)C=CC1=O)S(=O)(=O)O)ON1C(=O)CCC1=O. The summed E-state index contributed by atoms with van der Waals surface area (Å²) in [4.78, 5) is 62.6. The van der Waals surface area contributed by atoms with E-state index in [4.69, 9.17) is 0 Å². The molecule has 2 aliphatic rings. The van der Waals surface area contributed by atoms with Crippen molar-refractivity contribution in [3.63, 3.8) is 0 Å². The van der Waals surface area contributed by atoms with Crippen LogP contribution in [0.3, 0.4) is 0 Å². The van der Waals surface area contributed by atoms with E-state index in [2.05, 4.69) is 4.84 Å². The monoisotopic (exact) mass is 389 g/mol. The Kier molecular flexibility index (Phi) is 5.84. The molecule has 142 valence electrons. The van der Waals surface area contributed by atoms with Crippen molar-refractivity contribution in [2.24, 2.45) is 0 Å². The van der Waals surface area contributed by atoms with Gasteiger partial charge in [-0.2, -0.15) is 12.7 Å². The quantitative estimate of drug-likeness (QED) is 0.366. The van der Waals surface area contributed by atoms with Crippen LogP contribution in [0.4, 0.5) is 0 Å². The van der Waals surface area contributed by atoms with E-state index in [0.29, 0.717) is 4.31 Å². The average Bonchev–Trinajstić information content (AvgIpc) is 3.02. The molecule has 26 heavy (non-hydrogen) atoms. The minimum Gasteiger partial charge on any atom is -0.329 e. The summed E-state index contributed by atoms with van der Waals surface area (Å²) < 4.78 is 32.2. The van der Waals surface area contributed by atoms with Gasteiger partial charge in [-0.15, -0.1) is 5.06 Å². The highest BCUT2D eigenvalue weighted by molar-refractivity contribution is 7.83. The van der Waals surface area contributed by atoms with Gasteiger partial charge < -0.3 is 4.84 Å². The lowest BCUT2D eigenvalue weighted by Crippen LogP contribution is -2.41. The number of hydrogen-bond donors (Lipinski definition) is 1. The predicted octanol–water partition coefficient (Wildman–Crippen LogP) is -1.99. The molecule has 0 atom stereocenters. The number of hydrogen-bond acceptors (Lipinski definition) is 8. The normalized spacial score (nSPS) is 17.8. The summed E-state index contributed by atoms with van der Waals surface area (Å²) in [6.45, 7) is -1.50. The zero-order valence-corrected chi connectivity index (χ0v) is 14.2. The van der Waals surface area contributed by atoms with Crippen molar-refractivity contribution >= 4 is 39.9 Å². The Morgan fingerprint density at radius 3 is 2.15 bits per heavy atom. The van der Waals surface area contributed by atoms with Crippen molar-refractivity contribution in [2.45, 2.75) is 19.3 Å². The number of hydroxylamine groups is 2. The van der Waals surface area contributed by atoms with Gasteiger partial charge in [-0.25, -0.2) is 4.79 Å². The van der Waals surface area contributed by atoms with E-state index in [9.17, 15) is 36.9 Å². The predicted molar refractivity (Wildman–Crippen MR) is 80.8 cm³/mol. The van der Waals surface area contributed by atoms with Crippen molar-refractivity contribution in [1.29, 1.82) is 0 Å². The highest BCUT2D eigenvalue weighted by Crippen LogP contribution is 2.13. The summed E-state index contributed by atoms with van der Waals surface area (Å²) in [6, 6.07) is 0. The first kappa shape index (κ1) is 19.7. The van der Waals surface area contributed by atoms with E-state index in [1.807, 2.05) is 0 Å². The maximum atomic E-state index is 11.8. The summed E-state index contributed by atoms with van der Waals surface area (Å²) in [6.07, 6.45) is 1.81. The third kappa shape index (κ3) is 4.71. The Hall–Kier alpha value is -2.64. The van der Waals surface area contributed by atoms with Crippen LogP contribution < -0.4 is 0 Å². The number of carbonyl (C=O) groups is 5. The molecule has 0 spiro atoms. The van der Waals surface area contributed by atoms with Crippen LogP contribution in [-0.2, 0) is 39.1 Å². The smallest absolute Gasteiger partial charge is 0.329 e. The molecule has 0 aromatic heterocycles. The van der Waals surface area contributed by atoms with Gasteiger partial charge in [0.1, 0.15) is 6.54 Å². The molecule has 0 radical (unpaired) electrons. The lowest BCUT2D eigenvalue weighted by atomic mass is 10.3. The van der Waals surface area contributed by atoms with Crippen LogP contribution in [0, 0.1) is 0 Å². The molecule has 0 bridgehead atoms.